The molecular weight excluding hydrogens is 196 g/mol. The van der Waals surface area contributed by atoms with Crippen LogP contribution in [-0.4, -0.2) is 24.7 Å². The van der Waals surface area contributed by atoms with Crippen LogP contribution in [-0.2, 0) is 11.3 Å². The average Bonchev–Trinajstić information content (AvgIpc) is 2.72. The second-order valence-corrected chi connectivity index (χ2v) is 4.62. The van der Waals surface area contributed by atoms with Crippen LogP contribution in [0.1, 0.15) is 17.8 Å². The molecule has 0 amide bonds. The fourth-order valence-electron chi connectivity index (χ4n) is 1.69. The Morgan fingerprint density at radius 3 is 3.36 bits per heavy atom. The van der Waals surface area contributed by atoms with E-state index in [9.17, 15) is 0 Å². The molecule has 3 nitrogen and oxygen atoms in total. The maximum Gasteiger partial charge on any atom is 0.106 e. The van der Waals surface area contributed by atoms with Gasteiger partial charge in [-0.3, -0.25) is 0 Å². The summed E-state index contributed by atoms with van der Waals surface area (Å²) in [7, 11) is 0. The Labute approximate surface area is 88.5 Å². The van der Waals surface area contributed by atoms with Crippen LogP contribution >= 0.6 is 11.3 Å². The lowest BCUT2D eigenvalue weighted by atomic mass is 10.0. The van der Waals surface area contributed by atoms with E-state index in [1.165, 1.54) is 17.8 Å². The van der Waals surface area contributed by atoms with Gasteiger partial charge in [-0.25, -0.2) is 4.98 Å². The van der Waals surface area contributed by atoms with E-state index >= 15 is 0 Å². The fourth-order valence-corrected chi connectivity index (χ4v) is 2.28. The summed E-state index contributed by atoms with van der Waals surface area (Å²) in [5.41, 5.74) is 0. The monoisotopic (exact) mass is 212 g/mol. The molecule has 0 spiro atoms. The number of hydrogen-bond acceptors (Lipinski definition) is 4. The first-order valence-electron chi connectivity index (χ1n) is 5.12. The normalized spacial score (nSPS) is 22.4. The molecule has 1 aliphatic heterocycles. The number of nitrogens with zero attached hydrogens (tertiary/aromatic N) is 1. The number of ether oxygens (including phenoxy) is 1. The fraction of sp³-hybridized carbons (Fsp3) is 0.700. The van der Waals surface area contributed by atoms with E-state index in [1.807, 2.05) is 11.6 Å². The highest BCUT2D eigenvalue weighted by Gasteiger charge is 2.12. The Hall–Kier alpha value is -0.450. The van der Waals surface area contributed by atoms with Crippen molar-refractivity contribution in [1.82, 2.24) is 10.3 Å². The summed E-state index contributed by atoms with van der Waals surface area (Å²) in [6.07, 6.45) is 4.36. The van der Waals surface area contributed by atoms with Gasteiger partial charge in [-0.2, -0.15) is 0 Å². The van der Waals surface area contributed by atoms with E-state index < -0.39 is 0 Å². The summed E-state index contributed by atoms with van der Waals surface area (Å²) in [4.78, 5) is 4.22. The lowest BCUT2D eigenvalue weighted by molar-refractivity contribution is 0.0547. The standard InChI is InChI=1S/C10H16N2OS/c1-2-9(8-13-4-1)6-11-7-10-12-3-5-14-10/h3,5,9,11H,1-2,4,6-8H2. The van der Waals surface area contributed by atoms with Crippen molar-refractivity contribution in [2.45, 2.75) is 19.4 Å². The highest BCUT2D eigenvalue weighted by molar-refractivity contribution is 7.09. The Bertz CT molecular complexity index is 245. The van der Waals surface area contributed by atoms with Gasteiger partial charge in [0.25, 0.3) is 0 Å². The molecule has 14 heavy (non-hydrogen) atoms. The van der Waals surface area contributed by atoms with Crippen LogP contribution < -0.4 is 5.32 Å². The van der Waals surface area contributed by atoms with Gasteiger partial charge in [0.15, 0.2) is 0 Å². The maximum atomic E-state index is 5.42. The number of aromatic nitrogens is 1. The zero-order valence-corrected chi connectivity index (χ0v) is 9.05. The summed E-state index contributed by atoms with van der Waals surface area (Å²) in [5, 5.41) is 6.61. The Morgan fingerprint density at radius 2 is 2.64 bits per heavy atom. The molecule has 0 aliphatic carbocycles. The number of thiazole rings is 1. The van der Waals surface area contributed by atoms with Crippen LogP contribution in [0.2, 0.25) is 0 Å². The third-order valence-corrected chi connectivity index (χ3v) is 3.23. The lowest BCUT2D eigenvalue weighted by Crippen LogP contribution is -2.28. The van der Waals surface area contributed by atoms with Gasteiger partial charge in [-0.05, 0) is 18.8 Å². The first-order valence-corrected chi connectivity index (χ1v) is 6.00. The van der Waals surface area contributed by atoms with E-state index in [0.29, 0.717) is 5.92 Å². The quantitative estimate of drug-likeness (QED) is 0.824. The molecule has 2 rings (SSSR count). The Morgan fingerprint density at radius 1 is 1.64 bits per heavy atom. The molecule has 1 N–H and O–H groups in total. The third-order valence-electron chi connectivity index (χ3n) is 2.45. The van der Waals surface area contributed by atoms with Gasteiger partial charge in [0.1, 0.15) is 5.01 Å². The third kappa shape index (κ3) is 3.04. The number of rotatable bonds is 4. The van der Waals surface area contributed by atoms with Gasteiger partial charge in [0.05, 0.1) is 6.61 Å². The van der Waals surface area contributed by atoms with Gasteiger partial charge in [0, 0.05) is 31.3 Å². The zero-order chi connectivity index (χ0) is 9.64. The minimum atomic E-state index is 0.698. The van der Waals surface area contributed by atoms with Gasteiger partial charge < -0.3 is 10.1 Å². The van der Waals surface area contributed by atoms with E-state index in [0.717, 1.165) is 26.3 Å². The molecule has 0 bridgehead atoms. The van der Waals surface area contributed by atoms with E-state index in [4.69, 9.17) is 4.74 Å². The molecule has 1 fully saturated rings. The van der Waals surface area contributed by atoms with Crippen molar-refractivity contribution >= 4 is 11.3 Å². The molecule has 1 aromatic heterocycles. The predicted molar refractivity (Wildman–Crippen MR) is 57.4 cm³/mol. The van der Waals surface area contributed by atoms with Crippen LogP contribution in [0.25, 0.3) is 0 Å². The Balaban J connectivity index is 1.62. The largest absolute Gasteiger partial charge is 0.381 e. The summed E-state index contributed by atoms with van der Waals surface area (Å²) >= 11 is 1.70. The van der Waals surface area contributed by atoms with Gasteiger partial charge >= 0.3 is 0 Å². The zero-order valence-electron chi connectivity index (χ0n) is 8.24. The maximum absolute atomic E-state index is 5.42. The summed E-state index contributed by atoms with van der Waals surface area (Å²) < 4.78 is 5.42. The molecule has 2 heterocycles. The van der Waals surface area contributed by atoms with E-state index in [1.54, 1.807) is 11.3 Å². The first-order chi connectivity index (χ1) is 6.95. The summed E-state index contributed by atoms with van der Waals surface area (Å²) in [6.45, 7) is 3.82. The average molecular weight is 212 g/mol. The molecule has 1 aliphatic rings. The topological polar surface area (TPSA) is 34.1 Å². The van der Waals surface area contributed by atoms with Crippen molar-refractivity contribution in [3.05, 3.63) is 16.6 Å². The van der Waals surface area contributed by atoms with Crippen LogP contribution in [0.3, 0.4) is 0 Å². The van der Waals surface area contributed by atoms with Crippen LogP contribution in [0.15, 0.2) is 11.6 Å². The first kappa shape index (κ1) is 10.1. The van der Waals surface area contributed by atoms with E-state index in [-0.39, 0.29) is 0 Å². The molecule has 1 saturated heterocycles. The molecular formula is C10H16N2OS. The van der Waals surface area contributed by atoms with Gasteiger partial charge in [-0.15, -0.1) is 11.3 Å². The molecule has 0 radical (unpaired) electrons. The van der Waals surface area contributed by atoms with Crippen molar-refractivity contribution in [3.63, 3.8) is 0 Å². The second-order valence-electron chi connectivity index (χ2n) is 3.64. The highest BCUT2D eigenvalue weighted by atomic mass is 32.1. The smallest absolute Gasteiger partial charge is 0.106 e. The molecule has 78 valence electrons. The van der Waals surface area contributed by atoms with Crippen LogP contribution in [0.4, 0.5) is 0 Å². The second kappa shape index (κ2) is 5.44. The molecule has 4 heteroatoms. The van der Waals surface area contributed by atoms with Crippen LogP contribution in [0, 0.1) is 5.92 Å². The predicted octanol–water partition coefficient (Wildman–Crippen LogP) is 1.66. The minimum Gasteiger partial charge on any atom is -0.381 e. The molecule has 0 aromatic carbocycles. The lowest BCUT2D eigenvalue weighted by Gasteiger charge is -2.21. The SMILES string of the molecule is c1csc(CNCC2CCCOC2)n1. The highest BCUT2D eigenvalue weighted by Crippen LogP contribution is 2.12. The Kier molecular flexibility index (Phi) is 3.91. The molecule has 1 atom stereocenters. The van der Waals surface area contributed by atoms with Gasteiger partial charge in [-0.1, -0.05) is 0 Å². The molecule has 0 saturated carbocycles. The molecule has 1 aromatic rings. The van der Waals surface area contributed by atoms with Crippen molar-refractivity contribution < 1.29 is 4.74 Å². The summed E-state index contributed by atoms with van der Waals surface area (Å²) in [5.74, 6) is 0.698. The number of hydrogen-bond donors (Lipinski definition) is 1. The van der Waals surface area contributed by atoms with Crippen molar-refractivity contribution in [3.8, 4) is 0 Å². The molecule has 1 unspecified atom stereocenters. The minimum absolute atomic E-state index is 0.698. The summed E-state index contributed by atoms with van der Waals surface area (Å²) in [6, 6.07) is 0. The van der Waals surface area contributed by atoms with E-state index in [2.05, 4.69) is 10.3 Å². The van der Waals surface area contributed by atoms with Crippen molar-refractivity contribution in [2.24, 2.45) is 5.92 Å². The van der Waals surface area contributed by atoms with Crippen LogP contribution in [0.5, 0.6) is 0 Å². The van der Waals surface area contributed by atoms with Gasteiger partial charge in [0.2, 0.25) is 0 Å². The number of nitrogens with one attached hydrogen (secondary N) is 1. The van der Waals surface area contributed by atoms with Crippen molar-refractivity contribution in [1.29, 1.82) is 0 Å². The van der Waals surface area contributed by atoms with Crippen molar-refractivity contribution in [2.75, 3.05) is 19.8 Å².